The summed E-state index contributed by atoms with van der Waals surface area (Å²) in [7, 11) is -4.15. The molecule has 1 unspecified atom stereocenters. The molecule has 9 heteroatoms. The molecule has 0 spiro atoms. The van der Waals surface area contributed by atoms with Crippen LogP contribution in [0.25, 0.3) is 0 Å². The smallest absolute Gasteiger partial charge is 0.329 e. The van der Waals surface area contributed by atoms with Crippen molar-refractivity contribution in [3.8, 4) is 6.07 Å². The topological polar surface area (TPSA) is 96.0 Å². The Balaban J connectivity index is 3.17. The van der Waals surface area contributed by atoms with Gasteiger partial charge in [-0.3, -0.25) is 0 Å². The lowest BCUT2D eigenvalue weighted by molar-refractivity contribution is -0.137. The highest BCUT2D eigenvalue weighted by Gasteiger charge is 2.35. The molecular weight excluding hydrogens is 331 g/mol. The number of nitriles is 1. The number of unbranched alkanes of at least 4 members (excludes halogenated alkanes) is 1. The molecule has 1 aromatic carbocycles. The number of hydrogen-bond acceptors (Lipinski definition) is 4. The highest BCUT2D eigenvalue weighted by atomic mass is 32.2. The fourth-order valence-corrected chi connectivity index (χ4v) is 3.29. The number of nitrogens with zero attached hydrogens (tertiary/aromatic N) is 1. The number of alkyl halides is 3. The quantitative estimate of drug-likeness (QED) is 0.790. The third-order valence-corrected chi connectivity index (χ3v) is 4.76. The van der Waals surface area contributed by atoms with Crippen LogP contribution in [0.1, 0.15) is 37.3 Å². The molecule has 0 aromatic heterocycles. The van der Waals surface area contributed by atoms with Crippen LogP contribution in [0.5, 0.6) is 0 Å². The largest absolute Gasteiger partial charge is 0.417 e. The van der Waals surface area contributed by atoms with Crippen LogP contribution >= 0.6 is 0 Å². The number of nitrogens with two attached hydrogens (primary N) is 1. The summed E-state index contributed by atoms with van der Waals surface area (Å²) in [6.07, 6.45) is -2.74. The minimum atomic E-state index is -4.81. The van der Waals surface area contributed by atoms with Gasteiger partial charge in [-0.15, -0.1) is 0 Å². The second kappa shape index (κ2) is 7.77. The van der Waals surface area contributed by atoms with Crippen LogP contribution in [0.4, 0.5) is 13.2 Å². The molecule has 1 atom stereocenters. The average molecular weight is 349 g/mol. The van der Waals surface area contributed by atoms with Crippen molar-refractivity contribution in [2.45, 2.75) is 43.3 Å². The van der Waals surface area contributed by atoms with Crippen molar-refractivity contribution >= 4 is 10.0 Å². The highest BCUT2D eigenvalue weighted by Crippen LogP contribution is 2.33. The number of hydrogen-bond donors (Lipinski definition) is 2. The molecule has 0 saturated heterocycles. The summed E-state index contributed by atoms with van der Waals surface area (Å²) in [4.78, 5) is -0.543. The normalized spacial score (nSPS) is 13.6. The molecule has 0 aliphatic carbocycles. The van der Waals surface area contributed by atoms with Gasteiger partial charge in [0.15, 0.2) is 0 Å². The summed E-state index contributed by atoms with van der Waals surface area (Å²) >= 11 is 0. The van der Waals surface area contributed by atoms with Gasteiger partial charge in [-0.1, -0.05) is 19.8 Å². The Morgan fingerprint density at radius 2 is 2.04 bits per heavy atom. The molecule has 0 bridgehead atoms. The summed E-state index contributed by atoms with van der Waals surface area (Å²) < 4.78 is 65.5. The van der Waals surface area contributed by atoms with E-state index in [1.165, 1.54) is 6.07 Å². The molecule has 3 N–H and O–H groups in total. The van der Waals surface area contributed by atoms with E-state index in [-0.39, 0.29) is 6.54 Å². The highest BCUT2D eigenvalue weighted by molar-refractivity contribution is 7.89. The second-order valence-electron chi connectivity index (χ2n) is 5.01. The molecule has 0 fully saturated rings. The maximum atomic E-state index is 12.9. The van der Waals surface area contributed by atoms with Crippen molar-refractivity contribution in [1.29, 1.82) is 5.26 Å². The Morgan fingerprint density at radius 1 is 1.39 bits per heavy atom. The first-order valence-electron chi connectivity index (χ1n) is 6.99. The standard InChI is InChI=1S/C14H18F3N3O2S/c1-2-3-4-11(9-19)20-23(21,22)12-6-5-10(8-18)13(7-12)14(15,16)17/h5-7,11,20H,2-4,9,19H2,1H3. The Labute approximate surface area is 133 Å². The van der Waals surface area contributed by atoms with Gasteiger partial charge in [0.1, 0.15) is 0 Å². The van der Waals surface area contributed by atoms with E-state index in [1.807, 2.05) is 6.92 Å². The fourth-order valence-electron chi connectivity index (χ4n) is 1.99. The second-order valence-corrected chi connectivity index (χ2v) is 6.73. The zero-order chi connectivity index (χ0) is 17.7. The van der Waals surface area contributed by atoms with Crippen LogP contribution in [0.15, 0.2) is 23.1 Å². The van der Waals surface area contributed by atoms with Crippen molar-refractivity contribution < 1.29 is 21.6 Å². The van der Waals surface area contributed by atoms with Crippen molar-refractivity contribution in [2.75, 3.05) is 6.54 Å². The lowest BCUT2D eigenvalue weighted by atomic mass is 10.1. The zero-order valence-corrected chi connectivity index (χ0v) is 13.3. The van der Waals surface area contributed by atoms with E-state index in [2.05, 4.69) is 4.72 Å². The molecule has 23 heavy (non-hydrogen) atoms. The van der Waals surface area contributed by atoms with Gasteiger partial charge >= 0.3 is 6.18 Å². The summed E-state index contributed by atoms with van der Waals surface area (Å²) in [5.41, 5.74) is 3.59. The molecular formula is C14H18F3N3O2S. The maximum absolute atomic E-state index is 12.9. The number of benzene rings is 1. The van der Waals surface area contributed by atoms with E-state index in [4.69, 9.17) is 11.0 Å². The summed E-state index contributed by atoms with van der Waals surface area (Å²) in [5.74, 6) is 0. The monoisotopic (exact) mass is 349 g/mol. The summed E-state index contributed by atoms with van der Waals surface area (Å²) in [5, 5.41) is 8.72. The summed E-state index contributed by atoms with van der Waals surface area (Å²) in [6.45, 7) is 1.97. The van der Waals surface area contributed by atoms with Crippen LogP contribution in [0.2, 0.25) is 0 Å². The van der Waals surface area contributed by atoms with Gasteiger partial charge in [-0.05, 0) is 24.6 Å². The lowest BCUT2D eigenvalue weighted by Gasteiger charge is -2.17. The first kappa shape index (κ1) is 19.4. The van der Waals surface area contributed by atoms with Gasteiger partial charge < -0.3 is 5.73 Å². The SMILES string of the molecule is CCCCC(CN)NS(=O)(=O)c1ccc(C#N)c(C(F)(F)F)c1. The van der Waals surface area contributed by atoms with Gasteiger partial charge in [0.05, 0.1) is 22.1 Å². The first-order chi connectivity index (χ1) is 10.7. The van der Waals surface area contributed by atoms with Crippen LogP contribution in [0, 0.1) is 11.3 Å². The van der Waals surface area contributed by atoms with Gasteiger partial charge in [0, 0.05) is 12.6 Å². The Morgan fingerprint density at radius 3 is 2.52 bits per heavy atom. The zero-order valence-electron chi connectivity index (χ0n) is 12.5. The molecule has 1 rings (SSSR count). The minimum Gasteiger partial charge on any atom is -0.329 e. The minimum absolute atomic E-state index is 0.0433. The lowest BCUT2D eigenvalue weighted by Crippen LogP contribution is -2.40. The number of nitrogens with one attached hydrogen (secondary N) is 1. The van der Waals surface area contributed by atoms with Gasteiger partial charge in [-0.2, -0.15) is 18.4 Å². The number of sulfonamides is 1. The van der Waals surface area contributed by atoms with E-state index in [0.717, 1.165) is 25.0 Å². The van der Waals surface area contributed by atoms with Crippen LogP contribution in [0.3, 0.4) is 0 Å². The Hall–Kier alpha value is -1.63. The van der Waals surface area contributed by atoms with Gasteiger partial charge in [0.2, 0.25) is 10.0 Å². The van der Waals surface area contributed by atoms with Crippen LogP contribution in [-0.2, 0) is 16.2 Å². The third kappa shape index (κ3) is 5.20. The van der Waals surface area contributed by atoms with Crippen molar-refractivity contribution in [3.63, 3.8) is 0 Å². The van der Waals surface area contributed by atoms with E-state index in [1.54, 1.807) is 0 Å². The van der Waals surface area contributed by atoms with Crippen LogP contribution in [-0.4, -0.2) is 21.0 Å². The van der Waals surface area contributed by atoms with E-state index >= 15 is 0 Å². The molecule has 5 nitrogen and oxygen atoms in total. The van der Waals surface area contributed by atoms with Crippen molar-refractivity contribution in [2.24, 2.45) is 5.73 Å². The first-order valence-corrected chi connectivity index (χ1v) is 8.47. The van der Waals surface area contributed by atoms with Gasteiger partial charge in [-0.25, -0.2) is 13.1 Å². The number of halogens is 3. The molecule has 0 aliphatic heterocycles. The molecule has 1 aromatic rings. The maximum Gasteiger partial charge on any atom is 0.417 e. The van der Waals surface area contributed by atoms with Crippen molar-refractivity contribution in [3.05, 3.63) is 29.3 Å². The Kier molecular flexibility index (Phi) is 6.56. The van der Waals surface area contributed by atoms with E-state index < -0.39 is 38.3 Å². The van der Waals surface area contributed by atoms with Gasteiger partial charge in [0.25, 0.3) is 0 Å². The predicted molar refractivity (Wildman–Crippen MR) is 78.8 cm³/mol. The van der Waals surface area contributed by atoms with E-state index in [9.17, 15) is 21.6 Å². The molecule has 0 radical (unpaired) electrons. The summed E-state index contributed by atoms with van der Waals surface area (Å²) in [6, 6.07) is 3.14. The fraction of sp³-hybridized carbons (Fsp3) is 0.500. The molecule has 0 heterocycles. The Bertz CT molecular complexity index is 681. The average Bonchev–Trinajstić information content (AvgIpc) is 2.49. The van der Waals surface area contributed by atoms with Crippen LogP contribution < -0.4 is 10.5 Å². The molecule has 0 amide bonds. The molecule has 0 saturated carbocycles. The predicted octanol–water partition coefficient (Wildman–Crippen LogP) is 2.37. The molecule has 128 valence electrons. The molecule has 0 aliphatic rings. The third-order valence-electron chi connectivity index (χ3n) is 3.24. The van der Waals surface area contributed by atoms with Crippen molar-refractivity contribution in [1.82, 2.24) is 4.72 Å². The van der Waals surface area contributed by atoms with E-state index in [0.29, 0.717) is 12.5 Å². The number of rotatable bonds is 7.